The van der Waals surface area contributed by atoms with Gasteiger partial charge in [0.25, 0.3) is 0 Å². The van der Waals surface area contributed by atoms with Crippen LogP contribution in [0.25, 0.3) is 0 Å². The Balaban J connectivity index is 1.90. The number of rotatable bonds is 5. The topological polar surface area (TPSA) is 47.7 Å². The molecule has 0 unspecified atom stereocenters. The molecule has 2 aromatic heterocycles. The molecule has 0 spiro atoms. The Bertz CT molecular complexity index is 509. The van der Waals surface area contributed by atoms with Crippen LogP contribution < -0.4 is 5.32 Å². The van der Waals surface area contributed by atoms with Gasteiger partial charge in [0, 0.05) is 44.1 Å². The van der Waals surface area contributed by atoms with Crippen molar-refractivity contribution in [2.45, 2.75) is 39.9 Å². The van der Waals surface area contributed by atoms with Crippen LogP contribution in [0.15, 0.2) is 18.5 Å². The first-order valence-corrected chi connectivity index (χ1v) is 6.30. The second-order valence-electron chi connectivity index (χ2n) is 4.90. The molecule has 0 aliphatic carbocycles. The van der Waals surface area contributed by atoms with Gasteiger partial charge in [-0.3, -0.25) is 9.36 Å². The van der Waals surface area contributed by atoms with Gasteiger partial charge in [-0.1, -0.05) is 0 Å². The van der Waals surface area contributed by atoms with Crippen LogP contribution in [-0.2, 0) is 20.1 Å². The van der Waals surface area contributed by atoms with E-state index in [1.165, 1.54) is 5.56 Å². The normalized spacial score (nSPS) is 11.4. The SMILES string of the molecule is Cc1nn(C(C)C)cc1CNCc1ccn(C)n1. The van der Waals surface area contributed by atoms with Crippen molar-refractivity contribution in [1.82, 2.24) is 24.9 Å². The smallest absolute Gasteiger partial charge is 0.0762 e. The summed E-state index contributed by atoms with van der Waals surface area (Å²) in [6, 6.07) is 2.44. The zero-order valence-electron chi connectivity index (χ0n) is 11.5. The number of hydrogen-bond acceptors (Lipinski definition) is 3. The van der Waals surface area contributed by atoms with E-state index >= 15 is 0 Å². The maximum absolute atomic E-state index is 4.50. The molecule has 0 bridgehead atoms. The Kier molecular flexibility index (Phi) is 3.81. The quantitative estimate of drug-likeness (QED) is 0.876. The summed E-state index contributed by atoms with van der Waals surface area (Å²) in [5.41, 5.74) is 3.41. The summed E-state index contributed by atoms with van der Waals surface area (Å²) < 4.78 is 3.83. The third-order valence-corrected chi connectivity index (χ3v) is 2.94. The maximum atomic E-state index is 4.50. The highest BCUT2D eigenvalue weighted by Crippen LogP contribution is 2.10. The Morgan fingerprint density at radius 3 is 2.61 bits per heavy atom. The molecule has 0 aliphatic rings. The minimum Gasteiger partial charge on any atom is -0.307 e. The van der Waals surface area contributed by atoms with Crippen molar-refractivity contribution in [2.75, 3.05) is 0 Å². The van der Waals surface area contributed by atoms with Crippen LogP contribution in [-0.4, -0.2) is 19.6 Å². The van der Waals surface area contributed by atoms with Crippen LogP contribution in [0.2, 0.25) is 0 Å². The van der Waals surface area contributed by atoms with Crippen LogP contribution >= 0.6 is 0 Å². The second kappa shape index (κ2) is 5.35. The number of nitrogens with zero attached hydrogens (tertiary/aromatic N) is 4. The summed E-state index contributed by atoms with van der Waals surface area (Å²) >= 11 is 0. The molecule has 0 atom stereocenters. The van der Waals surface area contributed by atoms with Crippen molar-refractivity contribution in [2.24, 2.45) is 7.05 Å². The largest absolute Gasteiger partial charge is 0.307 e. The summed E-state index contributed by atoms with van der Waals surface area (Å²) in [7, 11) is 1.93. The number of nitrogens with one attached hydrogen (secondary N) is 1. The summed E-state index contributed by atoms with van der Waals surface area (Å²) in [6.07, 6.45) is 4.07. The lowest BCUT2D eigenvalue weighted by Crippen LogP contribution is -2.13. The second-order valence-corrected chi connectivity index (χ2v) is 4.90. The van der Waals surface area contributed by atoms with Crippen LogP contribution in [0, 0.1) is 6.92 Å². The molecule has 2 aromatic rings. The van der Waals surface area contributed by atoms with Crippen molar-refractivity contribution in [3.63, 3.8) is 0 Å². The molecule has 0 saturated carbocycles. The molecule has 5 nitrogen and oxygen atoms in total. The molecule has 0 saturated heterocycles. The molecule has 98 valence electrons. The van der Waals surface area contributed by atoms with Crippen LogP contribution in [0.1, 0.15) is 36.8 Å². The Hall–Kier alpha value is -1.62. The van der Waals surface area contributed by atoms with E-state index in [1.54, 1.807) is 0 Å². The van der Waals surface area contributed by atoms with E-state index in [0.29, 0.717) is 6.04 Å². The van der Waals surface area contributed by atoms with Gasteiger partial charge >= 0.3 is 0 Å². The summed E-state index contributed by atoms with van der Waals surface area (Å²) in [5.74, 6) is 0. The minimum absolute atomic E-state index is 0.410. The average molecular weight is 247 g/mol. The lowest BCUT2D eigenvalue weighted by molar-refractivity contribution is 0.528. The van der Waals surface area contributed by atoms with E-state index < -0.39 is 0 Å². The third kappa shape index (κ3) is 2.98. The number of hydrogen-bond donors (Lipinski definition) is 1. The summed E-state index contributed by atoms with van der Waals surface area (Å²) in [4.78, 5) is 0. The zero-order chi connectivity index (χ0) is 13.1. The van der Waals surface area contributed by atoms with Crippen molar-refractivity contribution in [3.8, 4) is 0 Å². The van der Waals surface area contributed by atoms with Crippen LogP contribution in [0.4, 0.5) is 0 Å². The van der Waals surface area contributed by atoms with Gasteiger partial charge in [-0.2, -0.15) is 10.2 Å². The van der Waals surface area contributed by atoms with E-state index in [-0.39, 0.29) is 0 Å². The van der Waals surface area contributed by atoms with Crippen molar-refractivity contribution < 1.29 is 0 Å². The van der Waals surface area contributed by atoms with E-state index in [2.05, 4.69) is 42.5 Å². The zero-order valence-corrected chi connectivity index (χ0v) is 11.5. The fraction of sp³-hybridized carbons (Fsp3) is 0.538. The molecule has 1 N–H and O–H groups in total. The first kappa shape index (κ1) is 12.8. The lowest BCUT2D eigenvalue weighted by atomic mass is 10.2. The van der Waals surface area contributed by atoms with Gasteiger partial charge in [0.15, 0.2) is 0 Å². The van der Waals surface area contributed by atoms with E-state index in [9.17, 15) is 0 Å². The van der Waals surface area contributed by atoms with Crippen LogP contribution in [0.5, 0.6) is 0 Å². The predicted octanol–water partition coefficient (Wildman–Crippen LogP) is 1.80. The fourth-order valence-electron chi connectivity index (χ4n) is 1.84. The fourth-order valence-corrected chi connectivity index (χ4v) is 1.84. The van der Waals surface area contributed by atoms with Gasteiger partial charge in [0.1, 0.15) is 0 Å². The average Bonchev–Trinajstić information content (AvgIpc) is 2.87. The van der Waals surface area contributed by atoms with E-state index in [4.69, 9.17) is 0 Å². The van der Waals surface area contributed by atoms with Crippen molar-refractivity contribution >= 4 is 0 Å². The van der Waals surface area contributed by atoms with Crippen molar-refractivity contribution in [1.29, 1.82) is 0 Å². The highest BCUT2D eigenvalue weighted by molar-refractivity contribution is 5.15. The molecular weight excluding hydrogens is 226 g/mol. The van der Waals surface area contributed by atoms with Crippen molar-refractivity contribution in [3.05, 3.63) is 35.4 Å². The lowest BCUT2D eigenvalue weighted by Gasteiger charge is -2.03. The molecule has 0 fully saturated rings. The molecule has 0 aromatic carbocycles. The Morgan fingerprint density at radius 1 is 1.28 bits per heavy atom. The first-order valence-electron chi connectivity index (χ1n) is 6.30. The van der Waals surface area contributed by atoms with Crippen LogP contribution in [0.3, 0.4) is 0 Å². The molecular formula is C13H21N5. The van der Waals surface area contributed by atoms with Gasteiger partial charge in [-0.25, -0.2) is 0 Å². The van der Waals surface area contributed by atoms with Gasteiger partial charge in [0.2, 0.25) is 0 Å². The molecule has 2 heterocycles. The number of aryl methyl sites for hydroxylation is 2. The van der Waals surface area contributed by atoms with Gasteiger partial charge in [-0.05, 0) is 26.8 Å². The maximum Gasteiger partial charge on any atom is 0.0762 e. The molecule has 5 heteroatoms. The van der Waals surface area contributed by atoms with E-state index in [0.717, 1.165) is 24.5 Å². The Labute approximate surface area is 108 Å². The van der Waals surface area contributed by atoms with E-state index in [1.807, 2.05) is 28.7 Å². The molecule has 18 heavy (non-hydrogen) atoms. The molecule has 0 aliphatic heterocycles. The summed E-state index contributed by atoms with van der Waals surface area (Å²) in [5, 5.41) is 12.2. The minimum atomic E-state index is 0.410. The highest BCUT2D eigenvalue weighted by Gasteiger charge is 2.06. The summed E-state index contributed by atoms with van der Waals surface area (Å²) in [6.45, 7) is 7.94. The van der Waals surface area contributed by atoms with Gasteiger partial charge < -0.3 is 5.32 Å². The predicted molar refractivity (Wildman–Crippen MR) is 71.1 cm³/mol. The monoisotopic (exact) mass is 247 g/mol. The first-order chi connectivity index (χ1) is 8.56. The van der Waals surface area contributed by atoms with Gasteiger partial charge in [-0.15, -0.1) is 0 Å². The standard InChI is InChI=1S/C13H21N5/c1-10(2)18-9-12(11(3)15-18)7-14-8-13-5-6-17(4)16-13/h5-6,9-10,14H,7-8H2,1-4H3. The number of aromatic nitrogens is 4. The van der Waals surface area contributed by atoms with Gasteiger partial charge in [0.05, 0.1) is 11.4 Å². The third-order valence-electron chi connectivity index (χ3n) is 2.94. The Morgan fingerprint density at radius 2 is 2.06 bits per heavy atom. The molecule has 0 amide bonds. The molecule has 2 rings (SSSR count). The highest BCUT2D eigenvalue weighted by atomic mass is 15.3. The molecule has 0 radical (unpaired) electrons.